The highest BCUT2D eigenvalue weighted by Gasteiger charge is 2.63. The molecule has 18 atom stereocenters. The van der Waals surface area contributed by atoms with Crippen molar-refractivity contribution in [3.63, 3.8) is 0 Å². The average Bonchev–Trinajstić information content (AvgIpc) is 1.34. The Morgan fingerprint density at radius 2 is 0.957 bits per heavy atom. The highest BCUT2D eigenvalue weighted by molar-refractivity contribution is 6.10. The van der Waals surface area contributed by atoms with E-state index in [2.05, 4.69) is 87.8 Å². The number of hydrogen-bond acceptors (Lipinski definition) is 9. The Bertz CT molecular complexity index is 3640. The minimum atomic E-state index is -0.625. The molecule has 506 valence electrons. The van der Waals surface area contributed by atoms with E-state index < -0.39 is 11.7 Å². The van der Waals surface area contributed by atoms with Gasteiger partial charge in [-0.2, -0.15) is 0 Å². The number of esters is 3. The number of carbonyl (C=O) groups excluding carboxylic acids is 5. The van der Waals surface area contributed by atoms with Gasteiger partial charge in [-0.05, 0) is 307 Å². The molecule has 8 aliphatic carbocycles. The first-order chi connectivity index (χ1) is 44.9. The zero-order valence-corrected chi connectivity index (χ0v) is 58.8. The normalized spacial score (nSPS) is 34.1. The summed E-state index contributed by atoms with van der Waals surface area (Å²) in [7, 11) is 1.50. The molecule has 8 unspecified atom stereocenters. The third kappa shape index (κ3) is 12.5. The Labute approximate surface area is 561 Å². The largest absolute Gasteiger partial charge is 0.469 e. The van der Waals surface area contributed by atoms with Crippen LogP contribution in [0, 0.1) is 92.7 Å². The number of hydrogen-bond donors (Lipinski definition) is 1. The second-order valence-electron chi connectivity index (χ2n) is 33.9. The number of nitrogens with one attached hydrogen (secondary N) is 1. The van der Waals surface area contributed by atoms with Gasteiger partial charge in [0, 0.05) is 47.7 Å². The first-order valence-electron chi connectivity index (χ1n) is 37.1. The number of amides is 1. The van der Waals surface area contributed by atoms with Crippen molar-refractivity contribution in [2.45, 2.75) is 235 Å². The Balaban J connectivity index is 0.652. The zero-order chi connectivity index (χ0) is 66.2. The lowest BCUT2D eigenvalue weighted by Crippen LogP contribution is -2.54. The molecular weight excluding hydrogens is 1170 g/mol. The van der Waals surface area contributed by atoms with Crippen molar-refractivity contribution in [3.8, 4) is 22.3 Å². The monoisotopic (exact) mass is 1280 g/mol. The lowest BCUT2D eigenvalue weighted by molar-refractivity contribution is -0.141. The smallest absolute Gasteiger partial charge is 0.407 e. The SMILES string of the molecule is COC(=O)CC[C@@H](C)C1CC[C@H]2[C@@H]3CC[C@@H]4C[C@H](OC(=O)c5ccc(-c6ccc7c8ccc(-c9ccc(C(=O)O[C@@H]%10CCC%11(C)C%12CCC%13(C)C([C@H](C)CCC(C)=O)CC[C@H]%13[C@@H]%12CC[C@@H]%11C%10)cc9)cc8n(CCNC(=O)OC(C)(C)C)c7c6)cc5)CCC4(C)C3CCC12C. The molecule has 1 heterocycles. The van der Waals surface area contributed by atoms with Crippen LogP contribution in [0.2, 0.25) is 0 Å². The Hall–Kier alpha value is -5.97. The number of ketones is 1. The van der Waals surface area contributed by atoms with E-state index in [4.69, 9.17) is 18.9 Å². The molecule has 11 heteroatoms. The van der Waals surface area contributed by atoms with Crippen molar-refractivity contribution >= 4 is 51.6 Å². The van der Waals surface area contributed by atoms with Crippen LogP contribution in [0.3, 0.4) is 0 Å². The van der Waals surface area contributed by atoms with Crippen LogP contribution in [0.4, 0.5) is 4.79 Å². The molecule has 11 nitrogen and oxygen atoms in total. The van der Waals surface area contributed by atoms with Crippen molar-refractivity contribution in [1.29, 1.82) is 0 Å². The molecule has 13 rings (SSSR count). The first kappa shape index (κ1) is 66.6. The third-order valence-corrected chi connectivity index (χ3v) is 28.1. The lowest BCUT2D eigenvalue weighted by atomic mass is 9.44. The van der Waals surface area contributed by atoms with Crippen LogP contribution in [0.5, 0.6) is 0 Å². The minimum absolute atomic E-state index is 0.0691. The van der Waals surface area contributed by atoms with Gasteiger partial charge in [0.05, 0.1) is 18.2 Å². The predicted octanol–water partition coefficient (Wildman–Crippen LogP) is 19.6. The van der Waals surface area contributed by atoms with Crippen LogP contribution >= 0.6 is 0 Å². The molecule has 0 aliphatic heterocycles. The molecular formula is C83H110N2O9. The number of rotatable bonds is 17. The van der Waals surface area contributed by atoms with E-state index in [1.54, 1.807) is 6.92 Å². The standard InChI is InChI=1S/C83H110N2O9/c1-50(12-14-52(3)86)67-31-33-69-65-29-25-59-48-61(36-40-80(59,7)71(65)38-42-82(67,69)9)92-76(88)55-19-15-53(16-20-55)57-23-27-63-64-28-24-58(47-74(64)85(73(63)46-57)45-44-84-78(90)94-79(4,5)6)54-17-21-56(22-18-54)77(89)93-62-37-41-81(8)60(49-62)26-30-66-70-34-32-68(51(2)13-35-75(87)91-11)83(70,10)43-39-72(66)81/h15-24,27-28,46-47,50-51,59-62,65-72H,12-14,25-26,29-45,48-49H2,1-11H3,(H,84,90)/t50-,51-,59-,60-,61-,62-,65+,66+,67?,68?,69+,70+,71?,72?,80?,81?,82?,83?/m1/s1. The maximum Gasteiger partial charge on any atom is 0.407 e. The Kier molecular flexibility index (Phi) is 18.5. The molecule has 0 spiro atoms. The third-order valence-electron chi connectivity index (χ3n) is 28.1. The molecule has 1 amide bonds. The van der Waals surface area contributed by atoms with Crippen molar-refractivity contribution in [2.24, 2.45) is 92.7 Å². The van der Waals surface area contributed by atoms with E-state index in [9.17, 15) is 24.0 Å². The Morgan fingerprint density at radius 1 is 0.532 bits per heavy atom. The average molecular weight is 1280 g/mol. The number of Topliss-reactive ketones (excluding diaryl/α,β-unsaturated/α-hetero) is 1. The van der Waals surface area contributed by atoms with Gasteiger partial charge in [0.15, 0.2) is 0 Å². The van der Waals surface area contributed by atoms with E-state index in [0.717, 1.165) is 137 Å². The van der Waals surface area contributed by atoms with E-state index >= 15 is 0 Å². The second-order valence-corrected chi connectivity index (χ2v) is 33.9. The van der Waals surface area contributed by atoms with Crippen LogP contribution in [-0.4, -0.2) is 65.8 Å². The van der Waals surface area contributed by atoms with E-state index in [1.165, 1.54) is 84.2 Å². The minimum Gasteiger partial charge on any atom is -0.469 e. The van der Waals surface area contributed by atoms with Gasteiger partial charge >= 0.3 is 24.0 Å². The number of benzene rings is 4. The molecule has 0 saturated heterocycles. The summed E-state index contributed by atoms with van der Waals surface area (Å²) in [6.45, 7) is 23.4. The van der Waals surface area contributed by atoms with E-state index in [-0.39, 0.29) is 40.9 Å². The number of fused-ring (bicyclic) bond motifs is 13. The summed E-state index contributed by atoms with van der Waals surface area (Å²) in [6.07, 6.45) is 24.0. The first-order valence-corrected chi connectivity index (χ1v) is 37.1. The highest BCUT2D eigenvalue weighted by Crippen LogP contribution is 2.70. The predicted molar refractivity (Wildman–Crippen MR) is 373 cm³/mol. The van der Waals surface area contributed by atoms with Crippen molar-refractivity contribution < 1.29 is 42.9 Å². The molecule has 8 aliphatic rings. The molecule has 0 bridgehead atoms. The van der Waals surface area contributed by atoms with Crippen molar-refractivity contribution in [1.82, 2.24) is 9.88 Å². The van der Waals surface area contributed by atoms with Crippen molar-refractivity contribution in [3.05, 3.63) is 96.1 Å². The number of alkyl carbamates (subject to hydrolysis) is 1. The molecule has 8 fully saturated rings. The summed E-state index contributed by atoms with van der Waals surface area (Å²) in [4.78, 5) is 64.9. The fourth-order valence-electron chi connectivity index (χ4n) is 23.2. The summed E-state index contributed by atoms with van der Waals surface area (Å²) < 4.78 is 25.7. The fraction of sp³-hybridized carbons (Fsp3) is 0.651. The van der Waals surface area contributed by atoms with Gasteiger partial charge < -0.3 is 33.6 Å². The summed E-state index contributed by atoms with van der Waals surface area (Å²) in [5.74, 6) is 7.94. The summed E-state index contributed by atoms with van der Waals surface area (Å²) in [5.41, 5.74) is 7.89. The Morgan fingerprint density at radius 3 is 1.39 bits per heavy atom. The molecule has 94 heavy (non-hydrogen) atoms. The number of nitrogens with zero attached hydrogens (tertiary/aromatic N) is 1. The van der Waals surface area contributed by atoms with Gasteiger partial charge in [0.1, 0.15) is 23.6 Å². The summed E-state index contributed by atoms with van der Waals surface area (Å²) >= 11 is 0. The lowest BCUT2D eigenvalue weighted by Gasteiger charge is -2.61. The highest BCUT2D eigenvalue weighted by atomic mass is 16.6. The van der Waals surface area contributed by atoms with Gasteiger partial charge in [0.25, 0.3) is 0 Å². The van der Waals surface area contributed by atoms with Gasteiger partial charge in [0.2, 0.25) is 0 Å². The second kappa shape index (κ2) is 26.1. The van der Waals surface area contributed by atoms with E-state index in [1.807, 2.05) is 69.3 Å². The molecule has 1 N–H and O–H groups in total. The molecule has 8 saturated carbocycles. The van der Waals surface area contributed by atoms with Crippen molar-refractivity contribution in [2.75, 3.05) is 13.7 Å². The van der Waals surface area contributed by atoms with Crippen LogP contribution in [0.25, 0.3) is 44.1 Å². The quantitative estimate of drug-likeness (QED) is 0.0712. The molecule has 1 aromatic heterocycles. The number of methoxy groups -OCH3 is 1. The molecule has 4 aromatic carbocycles. The maximum atomic E-state index is 14.0. The van der Waals surface area contributed by atoms with Crippen LogP contribution in [-0.2, 0) is 35.1 Å². The van der Waals surface area contributed by atoms with Crippen LogP contribution in [0.15, 0.2) is 84.9 Å². The van der Waals surface area contributed by atoms with Crippen LogP contribution < -0.4 is 5.32 Å². The van der Waals surface area contributed by atoms with Crippen LogP contribution in [0.1, 0.15) is 231 Å². The number of ether oxygens (including phenoxy) is 4. The number of carbonyl (C=O) groups is 5. The zero-order valence-electron chi connectivity index (χ0n) is 58.8. The molecule has 0 radical (unpaired) electrons. The fourth-order valence-corrected chi connectivity index (χ4v) is 23.2. The van der Waals surface area contributed by atoms with Gasteiger partial charge in [-0.15, -0.1) is 0 Å². The topological polar surface area (TPSA) is 139 Å². The van der Waals surface area contributed by atoms with Gasteiger partial charge in [-0.25, -0.2) is 14.4 Å². The van der Waals surface area contributed by atoms with Gasteiger partial charge in [-0.1, -0.05) is 90.1 Å². The summed E-state index contributed by atoms with van der Waals surface area (Å²) in [6, 6.07) is 28.9. The van der Waals surface area contributed by atoms with Gasteiger partial charge in [-0.3, -0.25) is 4.79 Å². The summed E-state index contributed by atoms with van der Waals surface area (Å²) in [5, 5.41) is 5.19. The molecule has 5 aromatic rings. The van der Waals surface area contributed by atoms with E-state index in [0.29, 0.717) is 83.3 Å². The maximum absolute atomic E-state index is 14.0. The number of aromatic nitrogens is 1.